The lowest BCUT2D eigenvalue weighted by Crippen LogP contribution is -2.32. The van der Waals surface area contributed by atoms with Crippen LogP contribution in [-0.2, 0) is 6.18 Å². The molecule has 1 fully saturated rings. The molecular weight excluding hydrogens is 385 g/mol. The number of nitrogens with zero attached hydrogens (tertiary/aromatic N) is 5. The van der Waals surface area contributed by atoms with Crippen LogP contribution in [-0.4, -0.2) is 64.3 Å². The van der Waals surface area contributed by atoms with Crippen LogP contribution in [0.4, 0.5) is 30.5 Å². The van der Waals surface area contributed by atoms with Crippen molar-refractivity contribution in [2.24, 2.45) is 0 Å². The number of aromatic nitrogens is 4. The van der Waals surface area contributed by atoms with E-state index in [9.17, 15) is 13.2 Å². The third-order valence-electron chi connectivity index (χ3n) is 4.67. The number of hydrogen-bond donors (Lipinski definition) is 3. The van der Waals surface area contributed by atoms with Crippen molar-refractivity contribution in [1.82, 2.24) is 30.4 Å². The minimum atomic E-state index is -4.52. The number of alkyl halides is 3. The molecule has 1 saturated heterocycles. The van der Waals surface area contributed by atoms with E-state index >= 15 is 0 Å². The molecule has 1 unspecified atom stereocenters. The second-order valence-corrected chi connectivity index (χ2v) is 7.12. The summed E-state index contributed by atoms with van der Waals surface area (Å²) in [6.07, 6.45) is -0.690. The van der Waals surface area contributed by atoms with Crippen LogP contribution in [0.5, 0.6) is 0 Å². The van der Waals surface area contributed by atoms with E-state index in [-0.39, 0.29) is 5.82 Å². The van der Waals surface area contributed by atoms with Crippen LogP contribution in [0.2, 0.25) is 0 Å². The zero-order chi connectivity index (χ0) is 20.9. The molecule has 2 aromatic rings. The van der Waals surface area contributed by atoms with Crippen LogP contribution >= 0.6 is 0 Å². The summed E-state index contributed by atoms with van der Waals surface area (Å²) in [5, 5.41) is 17.8. The molecule has 29 heavy (non-hydrogen) atoms. The van der Waals surface area contributed by atoms with Crippen molar-refractivity contribution in [2.75, 3.05) is 43.9 Å². The normalized spacial score (nSPS) is 17.5. The van der Waals surface area contributed by atoms with Crippen LogP contribution in [0, 0.1) is 6.92 Å². The maximum atomic E-state index is 12.6. The Balaban J connectivity index is 1.49. The third-order valence-corrected chi connectivity index (χ3v) is 4.67. The van der Waals surface area contributed by atoms with Gasteiger partial charge < -0.3 is 20.9 Å². The van der Waals surface area contributed by atoms with Crippen molar-refractivity contribution >= 4 is 17.3 Å². The molecule has 1 atom stereocenters. The van der Waals surface area contributed by atoms with E-state index in [0.29, 0.717) is 18.1 Å². The smallest absolute Gasteiger partial charge is 0.383 e. The summed E-state index contributed by atoms with van der Waals surface area (Å²) in [6.45, 7) is 5.75. The number of rotatable bonds is 8. The van der Waals surface area contributed by atoms with Crippen molar-refractivity contribution in [1.29, 1.82) is 0 Å². The lowest BCUT2D eigenvalue weighted by molar-refractivity contribution is -0.141. The summed E-state index contributed by atoms with van der Waals surface area (Å²) < 4.78 is 37.7. The molecular formula is C18H25F3N8. The Morgan fingerprint density at radius 2 is 1.97 bits per heavy atom. The molecule has 3 N–H and O–H groups in total. The van der Waals surface area contributed by atoms with E-state index < -0.39 is 11.9 Å². The number of nitrogens with one attached hydrogen (secondary N) is 3. The first-order chi connectivity index (χ1) is 13.8. The van der Waals surface area contributed by atoms with Crippen molar-refractivity contribution < 1.29 is 13.2 Å². The lowest BCUT2D eigenvalue weighted by atomic mass is 10.2. The standard InChI is InChI=1S/C18H25F3N8/c1-12-14(23-6-3-5-22-13-4-7-29(2)11-13)8-16(28-27-12)26-17-10-24-15(9-25-17)18(19,20)21/h8-10,13,22H,3-7,11H2,1-2H3,(H2,23,25,26,28). The number of anilines is 3. The summed E-state index contributed by atoms with van der Waals surface area (Å²) in [6, 6.07) is 2.31. The average molecular weight is 410 g/mol. The Morgan fingerprint density at radius 1 is 1.14 bits per heavy atom. The van der Waals surface area contributed by atoms with E-state index in [1.54, 1.807) is 6.07 Å². The maximum Gasteiger partial charge on any atom is 0.434 e. The van der Waals surface area contributed by atoms with Gasteiger partial charge in [0, 0.05) is 25.2 Å². The van der Waals surface area contributed by atoms with Gasteiger partial charge in [-0.2, -0.15) is 18.3 Å². The molecule has 0 saturated carbocycles. The molecule has 3 rings (SSSR count). The minimum Gasteiger partial charge on any atom is -0.383 e. The van der Waals surface area contributed by atoms with Gasteiger partial charge in [0.25, 0.3) is 0 Å². The van der Waals surface area contributed by atoms with Crippen molar-refractivity contribution in [2.45, 2.75) is 32.0 Å². The number of hydrogen-bond acceptors (Lipinski definition) is 8. The third kappa shape index (κ3) is 6.23. The first-order valence-corrected chi connectivity index (χ1v) is 9.47. The van der Waals surface area contributed by atoms with Gasteiger partial charge in [0.1, 0.15) is 5.82 Å². The van der Waals surface area contributed by atoms with Crippen LogP contribution in [0.15, 0.2) is 18.5 Å². The van der Waals surface area contributed by atoms with Gasteiger partial charge in [0.2, 0.25) is 0 Å². The Morgan fingerprint density at radius 3 is 2.62 bits per heavy atom. The molecule has 0 aromatic carbocycles. The molecule has 1 aliphatic heterocycles. The lowest BCUT2D eigenvalue weighted by Gasteiger charge is -2.14. The molecule has 3 heterocycles. The molecule has 158 valence electrons. The Kier molecular flexibility index (Phi) is 6.80. The van der Waals surface area contributed by atoms with Gasteiger partial charge in [-0.15, -0.1) is 5.10 Å². The van der Waals surface area contributed by atoms with Crippen molar-refractivity contribution in [3.63, 3.8) is 0 Å². The van der Waals surface area contributed by atoms with E-state index in [4.69, 9.17) is 0 Å². The molecule has 11 heteroatoms. The summed E-state index contributed by atoms with van der Waals surface area (Å²) in [4.78, 5) is 9.42. The molecule has 0 spiro atoms. The first kappa shape index (κ1) is 21.2. The second-order valence-electron chi connectivity index (χ2n) is 7.12. The second kappa shape index (κ2) is 9.31. The maximum absolute atomic E-state index is 12.6. The first-order valence-electron chi connectivity index (χ1n) is 9.47. The van der Waals surface area contributed by atoms with Gasteiger partial charge in [0.15, 0.2) is 11.5 Å². The Bertz CT molecular complexity index is 797. The molecule has 8 nitrogen and oxygen atoms in total. The molecule has 2 aromatic heterocycles. The van der Waals surface area contributed by atoms with E-state index in [1.165, 1.54) is 6.42 Å². The minimum absolute atomic E-state index is 0.160. The van der Waals surface area contributed by atoms with Gasteiger partial charge in [-0.05, 0) is 39.9 Å². The summed E-state index contributed by atoms with van der Waals surface area (Å²) in [5.41, 5.74) is 0.501. The summed E-state index contributed by atoms with van der Waals surface area (Å²) >= 11 is 0. The van der Waals surface area contributed by atoms with Gasteiger partial charge in [-0.25, -0.2) is 9.97 Å². The summed E-state index contributed by atoms with van der Waals surface area (Å²) in [5.74, 6) is 0.534. The fraction of sp³-hybridized carbons (Fsp3) is 0.556. The highest BCUT2D eigenvalue weighted by Gasteiger charge is 2.32. The molecule has 0 amide bonds. The number of aryl methyl sites for hydroxylation is 1. The fourth-order valence-corrected chi connectivity index (χ4v) is 3.08. The average Bonchev–Trinajstić information content (AvgIpc) is 3.09. The molecule has 0 aliphatic carbocycles. The molecule has 1 aliphatic rings. The molecule has 0 radical (unpaired) electrons. The van der Waals surface area contributed by atoms with E-state index in [2.05, 4.69) is 48.1 Å². The van der Waals surface area contributed by atoms with E-state index in [1.807, 2.05) is 6.92 Å². The monoisotopic (exact) mass is 410 g/mol. The number of likely N-dealkylation sites (tertiary alicyclic amines) is 1. The highest BCUT2D eigenvalue weighted by atomic mass is 19.4. The van der Waals surface area contributed by atoms with Crippen LogP contribution in [0.3, 0.4) is 0 Å². The van der Waals surface area contributed by atoms with Crippen LogP contribution in [0.25, 0.3) is 0 Å². The summed E-state index contributed by atoms with van der Waals surface area (Å²) in [7, 11) is 2.13. The van der Waals surface area contributed by atoms with Crippen molar-refractivity contribution in [3.8, 4) is 0 Å². The number of likely N-dealkylation sites (N-methyl/N-ethyl adjacent to an activating group) is 1. The van der Waals surface area contributed by atoms with Crippen molar-refractivity contribution in [3.05, 3.63) is 29.8 Å². The Labute approximate surface area is 167 Å². The van der Waals surface area contributed by atoms with Gasteiger partial charge >= 0.3 is 6.18 Å². The zero-order valence-corrected chi connectivity index (χ0v) is 16.4. The fourth-order valence-electron chi connectivity index (χ4n) is 3.08. The molecule has 0 bridgehead atoms. The van der Waals surface area contributed by atoms with Gasteiger partial charge in [-0.1, -0.05) is 0 Å². The predicted octanol–water partition coefficient (Wildman–Crippen LogP) is 2.43. The van der Waals surface area contributed by atoms with E-state index in [0.717, 1.165) is 50.2 Å². The topological polar surface area (TPSA) is 90.9 Å². The number of halogens is 3. The van der Waals surface area contributed by atoms with Crippen LogP contribution < -0.4 is 16.0 Å². The highest BCUT2D eigenvalue weighted by molar-refractivity contribution is 5.58. The van der Waals surface area contributed by atoms with Gasteiger partial charge in [-0.3, -0.25) is 0 Å². The SMILES string of the molecule is Cc1nnc(Nc2cnc(C(F)(F)F)cn2)cc1NCCCNC1CCN(C)C1. The Hall–Kier alpha value is -2.53. The van der Waals surface area contributed by atoms with Crippen LogP contribution in [0.1, 0.15) is 24.2 Å². The zero-order valence-electron chi connectivity index (χ0n) is 16.4. The quantitative estimate of drug-likeness (QED) is 0.572. The van der Waals surface area contributed by atoms with Gasteiger partial charge in [0.05, 0.1) is 23.8 Å². The highest BCUT2D eigenvalue weighted by Crippen LogP contribution is 2.27. The largest absolute Gasteiger partial charge is 0.434 e. The predicted molar refractivity (Wildman–Crippen MR) is 104 cm³/mol.